The highest BCUT2D eigenvalue weighted by atomic mass is 16.5. The molecule has 0 aromatic heterocycles. The van der Waals surface area contributed by atoms with Gasteiger partial charge in [0.25, 0.3) is 0 Å². The highest BCUT2D eigenvalue weighted by molar-refractivity contribution is 5.28. The van der Waals surface area contributed by atoms with Gasteiger partial charge in [0.1, 0.15) is 5.75 Å². The molecule has 2 heteroatoms. The number of nitrogens with zero attached hydrogens (tertiary/aromatic N) is 1. The van der Waals surface area contributed by atoms with Crippen LogP contribution in [0.1, 0.15) is 52.0 Å². The first-order valence-corrected chi connectivity index (χ1v) is 8.23. The number of hydrogen-bond donors (Lipinski definition) is 0. The summed E-state index contributed by atoms with van der Waals surface area (Å²) in [5, 5.41) is 0. The van der Waals surface area contributed by atoms with Crippen LogP contribution in [-0.4, -0.2) is 25.1 Å². The van der Waals surface area contributed by atoms with Crippen LogP contribution >= 0.6 is 0 Å². The van der Waals surface area contributed by atoms with Crippen LogP contribution in [0, 0.1) is 11.3 Å². The van der Waals surface area contributed by atoms with Crippen LogP contribution in [0.2, 0.25) is 0 Å². The zero-order valence-corrected chi connectivity index (χ0v) is 14.4. The lowest BCUT2D eigenvalue weighted by Crippen LogP contribution is -2.37. The van der Waals surface area contributed by atoms with E-state index in [1.165, 1.54) is 31.2 Å². The van der Waals surface area contributed by atoms with Crippen molar-refractivity contribution in [2.24, 2.45) is 11.3 Å². The smallest absolute Gasteiger partial charge is 0.119 e. The van der Waals surface area contributed by atoms with E-state index in [9.17, 15) is 0 Å². The van der Waals surface area contributed by atoms with Gasteiger partial charge in [-0.1, -0.05) is 32.9 Å². The summed E-state index contributed by atoms with van der Waals surface area (Å²) < 4.78 is 5.31. The maximum absolute atomic E-state index is 5.31. The Labute approximate surface area is 130 Å². The number of ether oxygens (including phenoxy) is 1. The van der Waals surface area contributed by atoms with Crippen molar-refractivity contribution in [1.29, 1.82) is 0 Å². The minimum absolute atomic E-state index is 0.469. The fourth-order valence-electron chi connectivity index (χ4n) is 3.57. The fraction of sp³-hybridized carbons (Fsp3) is 0.684. The Kier molecular flexibility index (Phi) is 5.32. The van der Waals surface area contributed by atoms with Crippen LogP contribution in [0.15, 0.2) is 24.3 Å². The van der Waals surface area contributed by atoms with Crippen molar-refractivity contribution in [3.05, 3.63) is 29.8 Å². The van der Waals surface area contributed by atoms with E-state index in [1.807, 2.05) is 6.07 Å². The summed E-state index contributed by atoms with van der Waals surface area (Å²) in [7, 11) is 4.00. The molecule has 0 spiro atoms. The Morgan fingerprint density at radius 1 is 1.14 bits per heavy atom. The fourth-order valence-corrected chi connectivity index (χ4v) is 3.57. The van der Waals surface area contributed by atoms with E-state index >= 15 is 0 Å². The summed E-state index contributed by atoms with van der Waals surface area (Å²) in [6.07, 6.45) is 5.41. The van der Waals surface area contributed by atoms with Gasteiger partial charge >= 0.3 is 0 Å². The molecule has 0 bridgehead atoms. The second-order valence-electron chi connectivity index (χ2n) is 7.64. The maximum Gasteiger partial charge on any atom is 0.119 e. The average Bonchev–Trinajstić information content (AvgIpc) is 2.46. The molecule has 1 aliphatic rings. The molecule has 0 radical (unpaired) electrons. The van der Waals surface area contributed by atoms with E-state index in [2.05, 4.69) is 50.9 Å². The molecule has 1 saturated carbocycles. The van der Waals surface area contributed by atoms with Gasteiger partial charge in [-0.2, -0.15) is 0 Å². The van der Waals surface area contributed by atoms with Gasteiger partial charge in [0.15, 0.2) is 0 Å². The third kappa shape index (κ3) is 4.47. The molecule has 0 unspecified atom stereocenters. The zero-order valence-electron chi connectivity index (χ0n) is 14.4. The van der Waals surface area contributed by atoms with E-state index in [0.717, 1.165) is 24.3 Å². The molecule has 1 aromatic carbocycles. The molecule has 1 aliphatic carbocycles. The second-order valence-corrected chi connectivity index (χ2v) is 7.64. The summed E-state index contributed by atoms with van der Waals surface area (Å²) in [5.41, 5.74) is 1.81. The van der Waals surface area contributed by atoms with Crippen molar-refractivity contribution in [2.75, 3.05) is 14.2 Å². The summed E-state index contributed by atoms with van der Waals surface area (Å²) in [4.78, 5) is 2.52. The topological polar surface area (TPSA) is 12.5 Å². The zero-order chi connectivity index (χ0) is 15.5. The molecule has 0 aliphatic heterocycles. The normalized spacial score (nSPS) is 23.3. The summed E-state index contributed by atoms with van der Waals surface area (Å²) >= 11 is 0. The van der Waals surface area contributed by atoms with Crippen molar-refractivity contribution >= 4 is 0 Å². The Bertz CT molecular complexity index is 441. The lowest BCUT2D eigenvalue weighted by atomic mass is 9.71. The molecule has 0 N–H and O–H groups in total. The molecular weight excluding hydrogens is 258 g/mol. The molecule has 0 amide bonds. The Hall–Kier alpha value is -1.02. The van der Waals surface area contributed by atoms with Crippen LogP contribution in [-0.2, 0) is 6.54 Å². The molecule has 21 heavy (non-hydrogen) atoms. The first kappa shape index (κ1) is 16.4. The molecule has 0 saturated heterocycles. The minimum atomic E-state index is 0.469. The number of rotatable bonds is 4. The number of benzene rings is 1. The minimum Gasteiger partial charge on any atom is -0.497 e. The monoisotopic (exact) mass is 289 g/mol. The van der Waals surface area contributed by atoms with E-state index < -0.39 is 0 Å². The Morgan fingerprint density at radius 3 is 2.38 bits per heavy atom. The molecule has 118 valence electrons. The van der Waals surface area contributed by atoms with Crippen molar-refractivity contribution in [1.82, 2.24) is 4.90 Å². The van der Waals surface area contributed by atoms with Gasteiger partial charge in [0, 0.05) is 12.6 Å². The van der Waals surface area contributed by atoms with E-state index in [-0.39, 0.29) is 0 Å². The van der Waals surface area contributed by atoms with Gasteiger partial charge < -0.3 is 4.74 Å². The Morgan fingerprint density at radius 2 is 1.81 bits per heavy atom. The molecule has 1 fully saturated rings. The lowest BCUT2D eigenvalue weighted by Gasteiger charge is -2.40. The first-order valence-electron chi connectivity index (χ1n) is 8.23. The standard InChI is InChI=1S/C19H31NO/c1-19(2,3)16-9-11-17(12-10-16)20(4)14-15-7-6-8-18(13-15)21-5/h6-8,13,16-17H,9-12,14H2,1-5H3. The van der Waals surface area contributed by atoms with E-state index in [4.69, 9.17) is 4.74 Å². The van der Waals surface area contributed by atoms with Crippen LogP contribution in [0.4, 0.5) is 0 Å². The maximum atomic E-state index is 5.31. The van der Waals surface area contributed by atoms with Crippen molar-refractivity contribution in [2.45, 2.75) is 59.0 Å². The number of methoxy groups -OCH3 is 1. The average molecular weight is 289 g/mol. The molecule has 2 nitrogen and oxygen atoms in total. The molecule has 1 aromatic rings. The van der Waals surface area contributed by atoms with Crippen LogP contribution in [0.5, 0.6) is 5.75 Å². The predicted molar refractivity (Wildman–Crippen MR) is 89.7 cm³/mol. The molecule has 0 heterocycles. The molecule has 0 atom stereocenters. The third-order valence-corrected chi connectivity index (χ3v) is 5.11. The quantitative estimate of drug-likeness (QED) is 0.794. The van der Waals surface area contributed by atoms with Crippen LogP contribution in [0.3, 0.4) is 0 Å². The van der Waals surface area contributed by atoms with Gasteiger partial charge in [-0.15, -0.1) is 0 Å². The van der Waals surface area contributed by atoms with Crippen molar-refractivity contribution in [3.8, 4) is 5.75 Å². The van der Waals surface area contributed by atoms with Crippen LogP contribution in [0.25, 0.3) is 0 Å². The summed E-state index contributed by atoms with van der Waals surface area (Å²) in [6.45, 7) is 8.18. The summed E-state index contributed by atoms with van der Waals surface area (Å²) in [6, 6.07) is 9.17. The van der Waals surface area contributed by atoms with Gasteiger partial charge in [0.2, 0.25) is 0 Å². The van der Waals surface area contributed by atoms with E-state index in [1.54, 1.807) is 7.11 Å². The number of hydrogen-bond acceptors (Lipinski definition) is 2. The highest BCUT2D eigenvalue weighted by Crippen LogP contribution is 2.39. The van der Waals surface area contributed by atoms with E-state index in [0.29, 0.717) is 5.41 Å². The van der Waals surface area contributed by atoms with Gasteiger partial charge in [-0.3, -0.25) is 4.90 Å². The molecule has 2 rings (SSSR count). The third-order valence-electron chi connectivity index (χ3n) is 5.11. The predicted octanol–water partition coefficient (Wildman–Crippen LogP) is 4.73. The van der Waals surface area contributed by atoms with Gasteiger partial charge in [-0.05, 0) is 61.8 Å². The van der Waals surface area contributed by atoms with Gasteiger partial charge in [0.05, 0.1) is 7.11 Å². The van der Waals surface area contributed by atoms with Crippen LogP contribution < -0.4 is 4.74 Å². The molecular formula is C19H31NO. The van der Waals surface area contributed by atoms with Gasteiger partial charge in [-0.25, -0.2) is 0 Å². The Balaban J connectivity index is 1.88. The SMILES string of the molecule is COc1cccc(CN(C)C2CCC(C(C)(C)C)CC2)c1. The summed E-state index contributed by atoms with van der Waals surface area (Å²) in [5.74, 6) is 1.84. The van der Waals surface area contributed by atoms with Crippen molar-refractivity contribution in [3.63, 3.8) is 0 Å². The first-order chi connectivity index (χ1) is 9.90. The largest absolute Gasteiger partial charge is 0.497 e. The van der Waals surface area contributed by atoms with Crippen molar-refractivity contribution < 1.29 is 4.74 Å². The lowest BCUT2D eigenvalue weighted by molar-refractivity contribution is 0.107. The second kappa shape index (κ2) is 6.83. The highest BCUT2D eigenvalue weighted by Gasteiger charge is 2.30.